The molecule has 1 aromatic heterocycles. The van der Waals surface area contributed by atoms with Crippen molar-refractivity contribution < 1.29 is 4.74 Å². The Balaban J connectivity index is 1.85. The van der Waals surface area contributed by atoms with Crippen LogP contribution in [0, 0.1) is 0 Å². The molecule has 0 amide bonds. The van der Waals surface area contributed by atoms with Crippen molar-refractivity contribution in [1.82, 2.24) is 4.98 Å². The van der Waals surface area contributed by atoms with Crippen LogP contribution < -0.4 is 16.0 Å². The summed E-state index contributed by atoms with van der Waals surface area (Å²) in [5.74, 6) is 0.639. The highest BCUT2D eigenvalue weighted by molar-refractivity contribution is 6.32. The Kier molecular flexibility index (Phi) is 3.68. The second kappa shape index (κ2) is 5.35. The number of H-pyrrole nitrogens is 1. The van der Waals surface area contributed by atoms with E-state index in [0.717, 1.165) is 31.1 Å². The fraction of sp³-hybridized carbons (Fsp3) is 0.438. The lowest BCUT2D eigenvalue weighted by molar-refractivity contribution is 0.124. The molecular formula is C16H19ClN2O2. The number of hydrogen-bond acceptors (Lipinski definition) is 3. The van der Waals surface area contributed by atoms with E-state index in [1.54, 1.807) is 12.3 Å². The molecule has 0 bridgehead atoms. The topological polar surface area (TPSA) is 68.1 Å². The van der Waals surface area contributed by atoms with Crippen LogP contribution in [0.1, 0.15) is 32.6 Å². The van der Waals surface area contributed by atoms with Gasteiger partial charge in [0.25, 0.3) is 5.56 Å². The molecule has 0 saturated heterocycles. The molecule has 0 radical (unpaired) electrons. The maximum Gasteiger partial charge on any atom is 0.255 e. The Labute approximate surface area is 128 Å². The van der Waals surface area contributed by atoms with E-state index in [-0.39, 0.29) is 17.2 Å². The maximum absolute atomic E-state index is 11.7. The van der Waals surface area contributed by atoms with Gasteiger partial charge in [-0.3, -0.25) is 4.79 Å². The van der Waals surface area contributed by atoms with E-state index >= 15 is 0 Å². The Bertz CT molecular complexity index is 714. The van der Waals surface area contributed by atoms with Crippen LogP contribution >= 0.6 is 11.6 Å². The summed E-state index contributed by atoms with van der Waals surface area (Å²) in [5.41, 5.74) is 5.91. The first-order valence-corrected chi connectivity index (χ1v) is 7.59. The summed E-state index contributed by atoms with van der Waals surface area (Å²) in [7, 11) is 0. The Morgan fingerprint density at radius 3 is 2.81 bits per heavy atom. The van der Waals surface area contributed by atoms with E-state index in [1.165, 1.54) is 0 Å². The van der Waals surface area contributed by atoms with Gasteiger partial charge in [0.05, 0.1) is 11.1 Å². The molecule has 21 heavy (non-hydrogen) atoms. The van der Waals surface area contributed by atoms with Gasteiger partial charge in [-0.05, 0) is 56.2 Å². The molecule has 1 fully saturated rings. The van der Waals surface area contributed by atoms with Gasteiger partial charge in [-0.15, -0.1) is 0 Å². The van der Waals surface area contributed by atoms with Crippen molar-refractivity contribution in [2.24, 2.45) is 5.73 Å². The molecule has 3 rings (SSSR count). The fourth-order valence-electron chi connectivity index (χ4n) is 2.83. The third-order valence-electron chi connectivity index (χ3n) is 4.19. The average Bonchev–Trinajstić information content (AvgIpc) is 2.43. The van der Waals surface area contributed by atoms with Crippen molar-refractivity contribution in [1.29, 1.82) is 0 Å². The van der Waals surface area contributed by atoms with Crippen LogP contribution in [0.5, 0.6) is 5.75 Å². The lowest BCUT2D eigenvalue weighted by Gasteiger charge is -2.34. The van der Waals surface area contributed by atoms with Crippen molar-refractivity contribution in [3.05, 3.63) is 39.8 Å². The first kappa shape index (κ1) is 14.4. The van der Waals surface area contributed by atoms with E-state index in [1.807, 2.05) is 12.1 Å². The van der Waals surface area contributed by atoms with Gasteiger partial charge in [-0.2, -0.15) is 0 Å². The number of nitrogens with two attached hydrogens (primary N) is 1. The molecule has 0 atom stereocenters. The number of hydrogen-bond donors (Lipinski definition) is 2. The third-order valence-corrected chi connectivity index (χ3v) is 4.49. The monoisotopic (exact) mass is 306 g/mol. The minimum atomic E-state index is -0.141. The van der Waals surface area contributed by atoms with Crippen molar-refractivity contribution >= 4 is 22.4 Å². The van der Waals surface area contributed by atoms with Crippen LogP contribution in [0.25, 0.3) is 10.8 Å². The quantitative estimate of drug-likeness (QED) is 0.895. The van der Waals surface area contributed by atoms with Gasteiger partial charge in [-0.1, -0.05) is 11.6 Å². The smallest absolute Gasteiger partial charge is 0.255 e. The standard InChI is InChI=1S/C16H19ClN2O2/c1-16(18)5-2-11(3-6-16)21-14-8-10-4-7-19-15(20)12(10)9-13(14)17/h4,7-9,11H,2-3,5-6,18H2,1H3,(H,19,20)/t11-,16+. The molecule has 1 aromatic carbocycles. The molecular weight excluding hydrogens is 288 g/mol. The number of halogens is 1. The number of rotatable bonds is 2. The molecule has 2 aromatic rings. The van der Waals surface area contributed by atoms with E-state index in [2.05, 4.69) is 11.9 Å². The number of benzene rings is 1. The van der Waals surface area contributed by atoms with E-state index in [9.17, 15) is 4.79 Å². The van der Waals surface area contributed by atoms with Crippen LogP contribution in [-0.4, -0.2) is 16.6 Å². The molecule has 0 aliphatic heterocycles. The van der Waals surface area contributed by atoms with E-state index in [4.69, 9.17) is 22.1 Å². The zero-order chi connectivity index (χ0) is 15.0. The zero-order valence-electron chi connectivity index (χ0n) is 12.0. The van der Waals surface area contributed by atoms with Gasteiger partial charge in [0.2, 0.25) is 0 Å². The zero-order valence-corrected chi connectivity index (χ0v) is 12.7. The Hall–Kier alpha value is -1.52. The van der Waals surface area contributed by atoms with Gasteiger partial charge in [0.15, 0.2) is 0 Å². The number of aromatic amines is 1. The van der Waals surface area contributed by atoms with Gasteiger partial charge in [0.1, 0.15) is 5.75 Å². The molecule has 1 heterocycles. The van der Waals surface area contributed by atoms with Gasteiger partial charge >= 0.3 is 0 Å². The van der Waals surface area contributed by atoms with E-state index in [0.29, 0.717) is 16.2 Å². The minimum absolute atomic E-state index is 0.0830. The predicted molar refractivity (Wildman–Crippen MR) is 85.1 cm³/mol. The van der Waals surface area contributed by atoms with Crippen molar-refractivity contribution in [2.75, 3.05) is 0 Å². The molecule has 3 N–H and O–H groups in total. The lowest BCUT2D eigenvalue weighted by Crippen LogP contribution is -2.42. The van der Waals surface area contributed by atoms with Crippen LogP contribution in [0.3, 0.4) is 0 Å². The van der Waals surface area contributed by atoms with E-state index < -0.39 is 0 Å². The molecule has 112 valence electrons. The fourth-order valence-corrected chi connectivity index (χ4v) is 3.04. The number of aromatic nitrogens is 1. The highest BCUT2D eigenvalue weighted by atomic mass is 35.5. The SMILES string of the molecule is C[C@]1(N)CC[C@@H](Oc2cc3cc[nH]c(=O)c3cc2Cl)CC1. The summed E-state index contributed by atoms with van der Waals surface area (Å²) in [6, 6.07) is 5.35. The third kappa shape index (κ3) is 3.06. The van der Waals surface area contributed by atoms with Crippen molar-refractivity contribution in [3.8, 4) is 5.75 Å². The van der Waals surface area contributed by atoms with Crippen molar-refractivity contribution in [3.63, 3.8) is 0 Å². The molecule has 4 nitrogen and oxygen atoms in total. The lowest BCUT2D eigenvalue weighted by atomic mass is 9.83. The molecule has 1 aliphatic rings. The molecule has 1 saturated carbocycles. The summed E-state index contributed by atoms with van der Waals surface area (Å²) in [4.78, 5) is 14.4. The first-order chi connectivity index (χ1) is 9.94. The van der Waals surface area contributed by atoms with Crippen LogP contribution in [0.2, 0.25) is 5.02 Å². The molecule has 0 spiro atoms. The van der Waals surface area contributed by atoms with Gasteiger partial charge < -0.3 is 15.5 Å². The Morgan fingerprint density at radius 2 is 2.10 bits per heavy atom. The molecule has 0 unspecified atom stereocenters. The highest BCUT2D eigenvalue weighted by Crippen LogP contribution is 2.33. The van der Waals surface area contributed by atoms with Crippen molar-refractivity contribution in [2.45, 2.75) is 44.2 Å². The summed E-state index contributed by atoms with van der Waals surface area (Å²) >= 11 is 6.25. The second-order valence-corrected chi connectivity index (χ2v) is 6.56. The average molecular weight is 307 g/mol. The number of fused-ring (bicyclic) bond motifs is 1. The van der Waals surface area contributed by atoms with Crippen LogP contribution in [-0.2, 0) is 0 Å². The van der Waals surface area contributed by atoms with Crippen LogP contribution in [0.15, 0.2) is 29.2 Å². The first-order valence-electron chi connectivity index (χ1n) is 7.21. The highest BCUT2D eigenvalue weighted by Gasteiger charge is 2.28. The summed E-state index contributed by atoms with van der Waals surface area (Å²) in [6.07, 6.45) is 5.51. The number of ether oxygens (including phenoxy) is 1. The number of pyridine rings is 1. The second-order valence-electron chi connectivity index (χ2n) is 6.15. The van der Waals surface area contributed by atoms with Gasteiger partial charge in [-0.25, -0.2) is 0 Å². The summed E-state index contributed by atoms with van der Waals surface area (Å²) in [5, 5.41) is 1.88. The maximum atomic E-state index is 11.7. The summed E-state index contributed by atoms with van der Waals surface area (Å²) in [6.45, 7) is 2.08. The minimum Gasteiger partial charge on any atom is -0.489 e. The Morgan fingerprint density at radius 1 is 1.38 bits per heavy atom. The predicted octanol–water partition coefficient (Wildman–Crippen LogP) is 3.22. The molecule has 5 heteroatoms. The number of nitrogens with one attached hydrogen (secondary N) is 1. The molecule has 1 aliphatic carbocycles. The van der Waals surface area contributed by atoms with Gasteiger partial charge in [0, 0.05) is 17.1 Å². The normalized spacial score (nSPS) is 26.0. The summed E-state index contributed by atoms with van der Waals surface area (Å²) < 4.78 is 6.03. The largest absolute Gasteiger partial charge is 0.489 e. The van der Waals surface area contributed by atoms with Crippen LogP contribution in [0.4, 0.5) is 0 Å².